The first kappa shape index (κ1) is 15.2. The molecule has 0 aliphatic rings. The van der Waals surface area contributed by atoms with Crippen LogP contribution in [0.5, 0.6) is 11.6 Å². The summed E-state index contributed by atoms with van der Waals surface area (Å²) >= 11 is 18.1. The summed E-state index contributed by atoms with van der Waals surface area (Å²) in [7, 11) is 1.55. The lowest BCUT2D eigenvalue weighted by molar-refractivity contribution is 0.291. The van der Waals surface area contributed by atoms with Crippen LogP contribution in [0, 0.1) is 6.92 Å². The minimum atomic E-state index is 0.159. The van der Waals surface area contributed by atoms with Gasteiger partial charge in [-0.15, -0.1) is 0 Å². The zero-order valence-electron chi connectivity index (χ0n) is 10.8. The maximum atomic E-state index is 6.24. The second-order valence-corrected chi connectivity index (χ2v) is 5.11. The van der Waals surface area contributed by atoms with Gasteiger partial charge < -0.3 is 9.47 Å². The van der Waals surface area contributed by atoms with Gasteiger partial charge in [0, 0.05) is 5.56 Å². The molecule has 0 amide bonds. The third-order valence-electron chi connectivity index (χ3n) is 2.62. The molecule has 1 aromatic heterocycles. The Morgan fingerprint density at radius 2 is 1.85 bits per heavy atom. The fraction of sp³-hybridized carbons (Fsp3) is 0.231. The van der Waals surface area contributed by atoms with Crippen molar-refractivity contribution in [3.8, 4) is 11.6 Å². The Morgan fingerprint density at radius 1 is 1.10 bits per heavy atom. The highest BCUT2D eigenvalue weighted by molar-refractivity contribution is 6.37. The average molecular weight is 334 g/mol. The molecule has 1 aromatic carbocycles. The molecular formula is C13H11Cl3N2O2. The number of rotatable bonds is 4. The zero-order chi connectivity index (χ0) is 14.7. The number of ether oxygens (including phenoxy) is 2. The van der Waals surface area contributed by atoms with Crippen LogP contribution < -0.4 is 9.47 Å². The molecule has 0 atom stereocenters. The van der Waals surface area contributed by atoms with Gasteiger partial charge in [0.25, 0.3) is 0 Å². The zero-order valence-corrected chi connectivity index (χ0v) is 13.1. The van der Waals surface area contributed by atoms with Gasteiger partial charge in [-0.2, -0.15) is 0 Å². The van der Waals surface area contributed by atoms with E-state index in [1.807, 2.05) is 6.92 Å². The molecule has 7 heteroatoms. The van der Waals surface area contributed by atoms with Crippen molar-refractivity contribution in [2.75, 3.05) is 7.11 Å². The lowest BCUT2D eigenvalue weighted by atomic mass is 10.1. The first-order valence-electron chi connectivity index (χ1n) is 5.64. The van der Waals surface area contributed by atoms with E-state index < -0.39 is 0 Å². The quantitative estimate of drug-likeness (QED) is 0.835. The van der Waals surface area contributed by atoms with Crippen LogP contribution in [0.2, 0.25) is 15.2 Å². The van der Waals surface area contributed by atoms with Gasteiger partial charge in [0.1, 0.15) is 17.5 Å². The highest BCUT2D eigenvalue weighted by atomic mass is 35.5. The van der Waals surface area contributed by atoms with E-state index >= 15 is 0 Å². The maximum Gasteiger partial charge on any atom is 0.232 e. The summed E-state index contributed by atoms with van der Waals surface area (Å²) in [6.45, 7) is 2.03. The summed E-state index contributed by atoms with van der Waals surface area (Å²) in [6, 6.07) is 1.77. The van der Waals surface area contributed by atoms with Crippen molar-refractivity contribution in [1.82, 2.24) is 9.97 Å². The largest absolute Gasteiger partial charge is 0.495 e. The Morgan fingerprint density at radius 3 is 2.45 bits per heavy atom. The van der Waals surface area contributed by atoms with Gasteiger partial charge in [-0.05, 0) is 18.6 Å². The minimum Gasteiger partial charge on any atom is -0.495 e. The van der Waals surface area contributed by atoms with E-state index in [1.54, 1.807) is 13.2 Å². The second kappa shape index (κ2) is 6.48. The normalized spacial score (nSPS) is 10.4. The molecule has 0 saturated heterocycles. The van der Waals surface area contributed by atoms with Crippen molar-refractivity contribution in [2.45, 2.75) is 13.5 Å². The molecule has 0 unspecified atom stereocenters. The third-order valence-corrected chi connectivity index (χ3v) is 3.76. The number of benzene rings is 1. The van der Waals surface area contributed by atoms with Gasteiger partial charge in [-0.1, -0.05) is 34.8 Å². The lowest BCUT2D eigenvalue weighted by Gasteiger charge is -2.13. The molecule has 106 valence electrons. The van der Waals surface area contributed by atoms with Crippen LogP contribution in [-0.2, 0) is 6.61 Å². The van der Waals surface area contributed by atoms with Gasteiger partial charge in [0.05, 0.1) is 29.5 Å². The van der Waals surface area contributed by atoms with Gasteiger partial charge in [-0.3, -0.25) is 0 Å². The van der Waals surface area contributed by atoms with Crippen LogP contribution in [0.25, 0.3) is 0 Å². The Hall–Kier alpha value is -1.23. The average Bonchev–Trinajstić information content (AvgIpc) is 2.44. The summed E-state index contributed by atoms with van der Waals surface area (Å²) < 4.78 is 10.7. The SMILES string of the molecule is COc1cc(C)c(Cl)c(COc2cnc(Cl)cn2)c1Cl. The van der Waals surface area contributed by atoms with Crippen molar-refractivity contribution >= 4 is 34.8 Å². The molecule has 0 aliphatic heterocycles. The molecule has 2 rings (SSSR count). The summed E-state index contributed by atoms with van der Waals surface area (Å²) in [5.41, 5.74) is 1.50. The van der Waals surface area contributed by atoms with Crippen molar-refractivity contribution in [3.05, 3.63) is 44.8 Å². The number of nitrogens with zero attached hydrogens (tertiary/aromatic N) is 2. The monoisotopic (exact) mass is 332 g/mol. The fourth-order valence-electron chi connectivity index (χ4n) is 1.60. The van der Waals surface area contributed by atoms with Crippen LogP contribution in [0.4, 0.5) is 0 Å². The second-order valence-electron chi connectivity index (χ2n) is 3.97. The molecular weight excluding hydrogens is 323 g/mol. The van der Waals surface area contributed by atoms with Crippen LogP contribution in [0.3, 0.4) is 0 Å². The minimum absolute atomic E-state index is 0.159. The van der Waals surface area contributed by atoms with Crippen LogP contribution >= 0.6 is 34.8 Å². The number of aromatic nitrogens is 2. The van der Waals surface area contributed by atoms with Crippen LogP contribution in [-0.4, -0.2) is 17.1 Å². The van der Waals surface area contributed by atoms with Crippen molar-refractivity contribution < 1.29 is 9.47 Å². The van der Waals surface area contributed by atoms with Crippen molar-refractivity contribution in [3.63, 3.8) is 0 Å². The number of hydrogen-bond donors (Lipinski definition) is 0. The molecule has 0 aliphatic carbocycles. The van der Waals surface area contributed by atoms with E-state index in [1.165, 1.54) is 12.4 Å². The topological polar surface area (TPSA) is 44.2 Å². The van der Waals surface area contributed by atoms with Gasteiger partial charge >= 0.3 is 0 Å². The maximum absolute atomic E-state index is 6.24. The number of hydrogen-bond acceptors (Lipinski definition) is 4. The van der Waals surface area contributed by atoms with Gasteiger partial charge in [0.2, 0.25) is 5.88 Å². The van der Waals surface area contributed by atoms with E-state index in [2.05, 4.69) is 9.97 Å². The standard InChI is InChI=1S/C13H11Cl3N2O2/c1-7-3-9(19-2)13(16)8(12(7)15)6-20-11-5-17-10(14)4-18-11/h3-5H,6H2,1-2H3. The van der Waals surface area contributed by atoms with E-state index in [4.69, 9.17) is 44.3 Å². The summed E-state index contributed by atoms with van der Waals surface area (Å²) in [4.78, 5) is 7.86. The number of methoxy groups -OCH3 is 1. The molecule has 4 nitrogen and oxygen atoms in total. The van der Waals surface area contributed by atoms with Gasteiger partial charge in [-0.25, -0.2) is 9.97 Å². The Kier molecular flexibility index (Phi) is 4.91. The summed E-state index contributed by atoms with van der Waals surface area (Å²) in [5, 5.41) is 1.26. The highest BCUT2D eigenvalue weighted by Crippen LogP contribution is 2.36. The first-order valence-corrected chi connectivity index (χ1v) is 6.78. The molecule has 0 saturated carbocycles. The molecule has 0 radical (unpaired) electrons. The number of aryl methyl sites for hydroxylation is 1. The lowest BCUT2D eigenvalue weighted by Crippen LogP contribution is -2.02. The molecule has 2 aromatic rings. The highest BCUT2D eigenvalue weighted by Gasteiger charge is 2.15. The molecule has 0 spiro atoms. The number of halogens is 3. The molecule has 20 heavy (non-hydrogen) atoms. The predicted octanol–water partition coefficient (Wildman–Crippen LogP) is 4.33. The Balaban J connectivity index is 2.24. The third kappa shape index (κ3) is 3.26. The molecule has 1 heterocycles. The smallest absolute Gasteiger partial charge is 0.232 e. The molecule has 0 N–H and O–H groups in total. The molecule has 0 fully saturated rings. The van der Waals surface area contributed by atoms with Gasteiger partial charge in [0.15, 0.2) is 0 Å². The van der Waals surface area contributed by atoms with Crippen LogP contribution in [0.15, 0.2) is 18.5 Å². The van der Waals surface area contributed by atoms with Crippen LogP contribution in [0.1, 0.15) is 11.1 Å². The molecule has 0 bridgehead atoms. The Bertz CT molecular complexity index is 618. The summed E-state index contributed by atoms with van der Waals surface area (Å²) in [6.07, 6.45) is 2.83. The van der Waals surface area contributed by atoms with E-state index in [-0.39, 0.29) is 6.61 Å². The predicted molar refractivity (Wildman–Crippen MR) is 79.1 cm³/mol. The first-order chi connectivity index (χ1) is 9.52. The van der Waals surface area contributed by atoms with E-state index in [9.17, 15) is 0 Å². The summed E-state index contributed by atoms with van der Waals surface area (Å²) in [5.74, 6) is 0.886. The van der Waals surface area contributed by atoms with Crippen molar-refractivity contribution in [1.29, 1.82) is 0 Å². The van der Waals surface area contributed by atoms with E-state index in [0.29, 0.717) is 32.4 Å². The fourth-order valence-corrected chi connectivity index (χ4v) is 2.23. The van der Waals surface area contributed by atoms with Crippen molar-refractivity contribution in [2.24, 2.45) is 0 Å². The van der Waals surface area contributed by atoms with E-state index in [0.717, 1.165) is 5.56 Å². The Labute approximate surface area is 131 Å².